The first-order valence-corrected chi connectivity index (χ1v) is 16.9. The number of hydrogen-bond donors (Lipinski definition) is 0. The number of rotatable bonds is 2. The van der Waals surface area contributed by atoms with E-state index in [4.69, 9.17) is 14.4 Å². The maximum Gasteiger partial charge on any atom is 0.235 e. The molecule has 0 saturated carbocycles. The predicted molar refractivity (Wildman–Crippen MR) is 203 cm³/mol. The third-order valence-corrected chi connectivity index (χ3v) is 10.7. The molecule has 1 aliphatic rings. The second-order valence-electron chi connectivity index (χ2n) is 13.6. The summed E-state index contributed by atoms with van der Waals surface area (Å²) in [5, 5.41) is 12.0. The van der Waals surface area contributed by atoms with Crippen LogP contribution in [0.25, 0.3) is 88.0 Å². The highest BCUT2D eigenvalue weighted by atomic mass is 16.3. The molecular formula is C45H29N3O. The monoisotopic (exact) mass is 627 g/mol. The maximum atomic E-state index is 6.27. The number of aromatic nitrogens is 3. The summed E-state index contributed by atoms with van der Waals surface area (Å²) in [4.78, 5) is 11.0. The smallest absolute Gasteiger partial charge is 0.235 e. The molecule has 0 aliphatic heterocycles. The van der Waals surface area contributed by atoms with Crippen LogP contribution in [0.3, 0.4) is 0 Å². The quantitative estimate of drug-likeness (QED) is 0.179. The molecule has 4 nitrogen and oxygen atoms in total. The van der Waals surface area contributed by atoms with Crippen molar-refractivity contribution in [2.75, 3.05) is 0 Å². The number of hydrogen-bond acceptors (Lipinski definition) is 3. The Hall–Kier alpha value is -6.26. The van der Waals surface area contributed by atoms with Crippen molar-refractivity contribution in [3.63, 3.8) is 0 Å². The Morgan fingerprint density at radius 3 is 2.08 bits per heavy atom. The molecule has 0 N–H and O–H groups in total. The minimum absolute atomic E-state index is 0.392. The number of furan rings is 1. The van der Waals surface area contributed by atoms with Gasteiger partial charge in [-0.25, -0.2) is 9.97 Å². The fourth-order valence-electron chi connectivity index (χ4n) is 8.53. The minimum atomic E-state index is -0.392. The number of allylic oxidation sites excluding steroid dienone is 1. The van der Waals surface area contributed by atoms with Crippen LogP contribution in [-0.4, -0.2) is 14.5 Å². The van der Waals surface area contributed by atoms with Gasteiger partial charge in [-0.3, -0.25) is 4.57 Å². The van der Waals surface area contributed by atoms with Crippen molar-refractivity contribution >= 4 is 82.1 Å². The molecular weight excluding hydrogens is 599 g/mol. The lowest BCUT2D eigenvalue weighted by molar-refractivity contribution is 0.541. The van der Waals surface area contributed by atoms with Crippen molar-refractivity contribution < 1.29 is 4.42 Å². The molecule has 7 aromatic carbocycles. The third kappa shape index (κ3) is 3.63. The first-order valence-electron chi connectivity index (χ1n) is 16.9. The molecule has 0 radical (unpaired) electrons. The molecule has 230 valence electrons. The average molecular weight is 628 g/mol. The van der Waals surface area contributed by atoms with Gasteiger partial charge in [-0.05, 0) is 57.6 Å². The summed E-state index contributed by atoms with van der Waals surface area (Å²) in [5.74, 6) is 1.62. The molecule has 1 atom stereocenters. The third-order valence-electron chi connectivity index (χ3n) is 10.7. The van der Waals surface area contributed by atoms with E-state index in [1.807, 2.05) is 6.07 Å². The molecule has 0 fully saturated rings. The molecule has 11 rings (SSSR count). The van der Waals surface area contributed by atoms with Crippen LogP contribution in [0.15, 0.2) is 144 Å². The zero-order valence-corrected chi connectivity index (χ0v) is 26.8. The number of benzene rings is 7. The Morgan fingerprint density at radius 2 is 1.24 bits per heavy atom. The standard InChI is InChI=1S/C45H29N3O/c1-45(25-24-39-35(26-45)31-16-9-11-21-38(31)49-39)43-34-19-8-10-20-36(34)46-44(47-43)48-37-23-22-27-12-2-3-13-28(27)40(37)41-32-17-6-4-14-29(32)30-15-5-7-18-33(30)42(41)48/h2-25H,26H2,1H3. The second-order valence-corrected chi connectivity index (χ2v) is 13.6. The predicted octanol–water partition coefficient (Wildman–Crippen LogP) is 11.5. The molecule has 0 bridgehead atoms. The molecule has 10 aromatic rings. The molecule has 1 unspecified atom stereocenters. The van der Waals surface area contributed by atoms with Gasteiger partial charge in [0, 0.05) is 37.9 Å². The Balaban J connectivity index is 1.29. The van der Waals surface area contributed by atoms with E-state index in [-0.39, 0.29) is 0 Å². The van der Waals surface area contributed by atoms with Gasteiger partial charge in [0.1, 0.15) is 11.3 Å². The maximum absolute atomic E-state index is 6.27. The van der Waals surface area contributed by atoms with Gasteiger partial charge in [-0.1, -0.05) is 128 Å². The molecule has 4 heteroatoms. The average Bonchev–Trinajstić information content (AvgIpc) is 3.71. The van der Waals surface area contributed by atoms with Gasteiger partial charge in [-0.2, -0.15) is 0 Å². The fraction of sp³-hybridized carbons (Fsp3) is 0.0667. The Morgan fingerprint density at radius 1 is 0.592 bits per heavy atom. The highest BCUT2D eigenvalue weighted by Crippen LogP contribution is 2.46. The first kappa shape index (κ1) is 26.8. The first-order chi connectivity index (χ1) is 24.2. The van der Waals surface area contributed by atoms with Gasteiger partial charge in [0.25, 0.3) is 0 Å². The molecule has 3 aromatic heterocycles. The molecule has 0 spiro atoms. The van der Waals surface area contributed by atoms with Gasteiger partial charge in [0.15, 0.2) is 0 Å². The van der Waals surface area contributed by atoms with E-state index in [0.717, 1.165) is 45.4 Å². The topological polar surface area (TPSA) is 43.9 Å². The normalized spacial score (nSPS) is 16.2. The Kier molecular flexibility index (Phi) is 5.27. The van der Waals surface area contributed by atoms with E-state index in [9.17, 15) is 0 Å². The zero-order valence-electron chi connectivity index (χ0n) is 26.8. The highest BCUT2D eigenvalue weighted by molar-refractivity contribution is 6.35. The summed E-state index contributed by atoms with van der Waals surface area (Å²) < 4.78 is 8.60. The van der Waals surface area contributed by atoms with Gasteiger partial charge in [-0.15, -0.1) is 0 Å². The summed E-state index contributed by atoms with van der Waals surface area (Å²) in [5.41, 5.74) is 5.94. The minimum Gasteiger partial charge on any atom is -0.456 e. The van der Waals surface area contributed by atoms with E-state index >= 15 is 0 Å². The lowest BCUT2D eigenvalue weighted by Crippen LogP contribution is -2.27. The van der Waals surface area contributed by atoms with Crippen LogP contribution in [0.4, 0.5) is 0 Å². The fourth-order valence-corrected chi connectivity index (χ4v) is 8.53. The van der Waals surface area contributed by atoms with Gasteiger partial charge in [0.05, 0.1) is 22.2 Å². The summed E-state index contributed by atoms with van der Waals surface area (Å²) in [6.07, 6.45) is 5.20. The number of nitrogens with zero attached hydrogens (tertiary/aromatic N) is 3. The molecule has 0 saturated heterocycles. The van der Waals surface area contributed by atoms with Crippen LogP contribution < -0.4 is 0 Å². The van der Waals surface area contributed by atoms with E-state index in [1.54, 1.807) is 0 Å². The summed E-state index contributed by atoms with van der Waals surface area (Å²) in [7, 11) is 0. The van der Waals surface area contributed by atoms with Gasteiger partial charge in [0.2, 0.25) is 5.95 Å². The SMILES string of the molecule is CC1(c2nc(-n3c4ccc5ccccc5c4c4c5ccccc5c5ccccc5c43)nc3ccccc23)C=Cc2oc3ccccc3c2C1. The van der Waals surface area contributed by atoms with Gasteiger partial charge < -0.3 is 4.42 Å². The molecule has 1 aliphatic carbocycles. The molecule has 3 heterocycles. The van der Waals surface area contributed by atoms with Crippen LogP contribution >= 0.6 is 0 Å². The number of fused-ring (bicyclic) bond motifs is 14. The summed E-state index contributed by atoms with van der Waals surface area (Å²) in [6, 6.07) is 47.6. The number of para-hydroxylation sites is 2. The highest BCUT2D eigenvalue weighted by Gasteiger charge is 2.35. The Bertz CT molecular complexity index is 3050. The van der Waals surface area contributed by atoms with Crippen molar-refractivity contribution in [2.24, 2.45) is 0 Å². The lowest BCUT2D eigenvalue weighted by Gasteiger charge is -2.29. The lowest BCUT2D eigenvalue weighted by atomic mass is 9.75. The summed E-state index contributed by atoms with van der Waals surface area (Å²) >= 11 is 0. The van der Waals surface area contributed by atoms with Crippen LogP contribution in [0.1, 0.15) is 23.9 Å². The van der Waals surface area contributed by atoms with Crippen molar-refractivity contribution in [3.05, 3.63) is 157 Å². The molecule has 0 amide bonds. The van der Waals surface area contributed by atoms with Crippen LogP contribution in [0.2, 0.25) is 0 Å². The van der Waals surface area contributed by atoms with Crippen LogP contribution in [0, 0.1) is 0 Å². The van der Waals surface area contributed by atoms with Crippen molar-refractivity contribution in [2.45, 2.75) is 18.8 Å². The van der Waals surface area contributed by atoms with E-state index in [2.05, 4.69) is 151 Å². The Labute approximate surface area is 281 Å². The van der Waals surface area contributed by atoms with E-state index in [0.29, 0.717) is 5.95 Å². The van der Waals surface area contributed by atoms with Crippen LogP contribution in [0.5, 0.6) is 0 Å². The van der Waals surface area contributed by atoms with Crippen molar-refractivity contribution in [3.8, 4) is 5.95 Å². The second kappa shape index (κ2) is 9.65. The summed E-state index contributed by atoms with van der Waals surface area (Å²) in [6.45, 7) is 2.30. The van der Waals surface area contributed by atoms with Crippen molar-refractivity contribution in [1.82, 2.24) is 14.5 Å². The van der Waals surface area contributed by atoms with E-state index in [1.165, 1.54) is 54.0 Å². The largest absolute Gasteiger partial charge is 0.456 e. The van der Waals surface area contributed by atoms with E-state index < -0.39 is 5.41 Å². The zero-order chi connectivity index (χ0) is 32.3. The van der Waals surface area contributed by atoms with Gasteiger partial charge >= 0.3 is 0 Å². The molecule has 49 heavy (non-hydrogen) atoms. The van der Waals surface area contributed by atoms with Crippen LogP contribution in [-0.2, 0) is 11.8 Å². The van der Waals surface area contributed by atoms with Crippen molar-refractivity contribution in [1.29, 1.82) is 0 Å².